The SMILES string of the molecule is CCOc1ccccc1NC(=O)c1ccnc(C(=O)N2CCCCCC2)c1. The number of pyridine rings is 1. The number of carbonyl (C=O) groups excluding carboxylic acids is 2. The number of benzene rings is 1. The molecule has 2 heterocycles. The van der Waals surface area contributed by atoms with E-state index < -0.39 is 0 Å². The summed E-state index contributed by atoms with van der Waals surface area (Å²) >= 11 is 0. The lowest BCUT2D eigenvalue weighted by Crippen LogP contribution is -2.32. The zero-order valence-corrected chi connectivity index (χ0v) is 15.6. The number of nitrogens with one attached hydrogen (secondary N) is 1. The molecule has 1 aliphatic rings. The van der Waals surface area contributed by atoms with E-state index in [-0.39, 0.29) is 11.8 Å². The number of para-hydroxylation sites is 2. The van der Waals surface area contributed by atoms with Crippen molar-refractivity contribution in [1.29, 1.82) is 0 Å². The standard InChI is InChI=1S/C21H25N3O3/c1-2-27-19-10-6-5-9-17(19)23-20(25)16-11-12-22-18(15-16)21(26)24-13-7-3-4-8-14-24/h5-6,9-12,15H,2-4,7-8,13-14H2,1H3,(H,23,25). The highest BCUT2D eigenvalue weighted by molar-refractivity contribution is 6.06. The Kier molecular flexibility index (Phi) is 6.41. The van der Waals surface area contributed by atoms with Gasteiger partial charge >= 0.3 is 0 Å². The minimum absolute atomic E-state index is 0.110. The Bertz CT molecular complexity index is 799. The van der Waals surface area contributed by atoms with E-state index in [9.17, 15) is 9.59 Å². The molecule has 1 N–H and O–H groups in total. The summed E-state index contributed by atoms with van der Waals surface area (Å²) in [6.45, 7) is 3.90. The molecule has 0 spiro atoms. The summed E-state index contributed by atoms with van der Waals surface area (Å²) in [5.41, 5.74) is 1.30. The number of anilines is 1. The van der Waals surface area contributed by atoms with Crippen molar-refractivity contribution in [2.45, 2.75) is 32.6 Å². The Balaban J connectivity index is 1.75. The second-order valence-corrected chi connectivity index (χ2v) is 6.52. The third-order valence-electron chi connectivity index (χ3n) is 4.57. The Morgan fingerprint density at radius 1 is 1.11 bits per heavy atom. The summed E-state index contributed by atoms with van der Waals surface area (Å²) in [6, 6.07) is 10.4. The minimum Gasteiger partial charge on any atom is -0.492 e. The fourth-order valence-corrected chi connectivity index (χ4v) is 3.17. The molecule has 1 aromatic heterocycles. The van der Waals surface area contributed by atoms with Crippen molar-refractivity contribution in [3.05, 3.63) is 53.9 Å². The molecule has 1 fully saturated rings. The van der Waals surface area contributed by atoms with Gasteiger partial charge in [-0.3, -0.25) is 14.6 Å². The molecule has 2 aromatic rings. The first-order chi connectivity index (χ1) is 13.2. The van der Waals surface area contributed by atoms with Gasteiger partial charge in [0.15, 0.2) is 0 Å². The maximum absolute atomic E-state index is 12.7. The summed E-state index contributed by atoms with van der Waals surface area (Å²) in [7, 11) is 0. The summed E-state index contributed by atoms with van der Waals surface area (Å²) < 4.78 is 5.54. The summed E-state index contributed by atoms with van der Waals surface area (Å²) in [5.74, 6) is 0.207. The molecule has 0 saturated carbocycles. The lowest BCUT2D eigenvalue weighted by atomic mass is 10.2. The summed E-state index contributed by atoms with van der Waals surface area (Å²) in [5, 5.41) is 2.85. The Morgan fingerprint density at radius 3 is 2.59 bits per heavy atom. The molecule has 2 amide bonds. The minimum atomic E-state index is -0.297. The Hall–Kier alpha value is -2.89. The van der Waals surface area contributed by atoms with Crippen LogP contribution < -0.4 is 10.1 Å². The van der Waals surface area contributed by atoms with Crippen LogP contribution in [0.5, 0.6) is 5.75 Å². The highest BCUT2D eigenvalue weighted by Crippen LogP contribution is 2.24. The van der Waals surface area contributed by atoms with Crippen molar-refractivity contribution in [1.82, 2.24) is 9.88 Å². The van der Waals surface area contributed by atoms with Gasteiger partial charge in [0.1, 0.15) is 11.4 Å². The number of nitrogens with zero attached hydrogens (tertiary/aromatic N) is 2. The van der Waals surface area contributed by atoms with Crippen molar-refractivity contribution >= 4 is 17.5 Å². The lowest BCUT2D eigenvalue weighted by Gasteiger charge is -2.19. The van der Waals surface area contributed by atoms with Gasteiger partial charge in [-0.25, -0.2) is 0 Å². The topological polar surface area (TPSA) is 71.5 Å². The zero-order valence-electron chi connectivity index (χ0n) is 15.6. The highest BCUT2D eigenvalue weighted by Gasteiger charge is 2.20. The van der Waals surface area contributed by atoms with Crippen molar-refractivity contribution in [3.8, 4) is 5.75 Å². The van der Waals surface area contributed by atoms with Crippen molar-refractivity contribution < 1.29 is 14.3 Å². The van der Waals surface area contributed by atoms with E-state index >= 15 is 0 Å². The predicted molar refractivity (Wildman–Crippen MR) is 104 cm³/mol. The van der Waals surface area contributed by atoms with Crippen molar-refractivity contribution in [2.75, 3.05) is 25.0 Å². The molecule has 3 rings (SSSR count). The quantitative estimate of drug-likeness (QED) is 0.874. The van der Waals surface area contributed by atoms with Crippen LogP contribution in [0.25, 0.3) is 0 Å². The second kappa shape index (κ2) is 9.16. The van der Waals surface area contributed by atoms with E-state index in [2.05, 4.69) is 10.3 Å². The van der Waals surface area contributed by atoms with Crippen molar-refractivity contribution in [3.63, 3.8) is 0 Å². The molecule has 6 heteroatoms. The lowest BCUT2D eigenvalue weighted by molar-refractivity contribution is 0.0755. The van der Waals surface area contributed by atoms with E-state index in [0.717, 1.165) is 38.8 Å². The van der Waals surface area contributed by atoms with E-state index in [1.54, 1.807) is 24.3 Å². The highest BCUT2D eigenvalue weighted by atomic mass is 16.5. The molecular formula is C21H25N3O3. The fourth-order valence-electron chi connectivity index (χ4n) is 3.17. The average molecular weight is 367 g/mol. The second-order valence-electron chi connectivity index (χ2n) is 6.52. The number of rotatable bonds is 5. The first kappa shape index (κ1) is 18.9. The average Bonchev–Trinajstić information content (AvgIpc) is 2.99. The van der Waals surface area contributed by atoms with Crippen LogP contribution in [0.3, 0.4) is 0 Å². The number of carbonyl (C=O) groups is 2. The van der Waals surface area contributed by atoms with E-state index in [0.29, 0.717) is 29.3 Å². The first-order valence-electron chi connectivity index (χ1n) is 9.47. The van der Waals surface area contributed by atoms with Crippen LogP contribution in [0.4, 0.5) is 5.69 Å². The van der Waals surface area contributed by atoms with Crippen LogP contribution in [-0.4, -0.2) is 41.4 Å². The number of ether oxygens (including phenoxy) is 1. The van der Waals surface area contributed by atoms with Crippen LogP contribution in [-0.2, 0) is 0 Å². The number of hydrogen-bond donors (Lipinski definition) is 1. The van der Waals surface area contributed by atoms with Crippen LogP contribution in [0.1, 0.15) is 53.5 Å². The monoisotopic (exact) mass is 367 g/mol. The molecule has 0 bridgehead atoms. The predicted octanol–water partition coefficient (Wildman–Crippen LogP) is 3.75. The van der Waals surface area contributed by atoms with Crippen LogP contribution in [0.15, 0.2) is 42.6 Å². The van der Waals surface area contributed by atoms with Crippen LogP contribution >= 0.6 is 0 Å². The summed E-state index contributed by atoms with van der Waals surface area (Å²) in [4.78, 5) is 31.4. The van der Waals surface area contributed by atoms with Gasteiger partial charge in [-0.15, -0.1) is 0 Å². The Morgan fingerprint density at radius 2 is 1.85 bits per heavy atom. The third-order valence-corrected chi connectivity index (χ3v) is 4.57. The fraction of sp³-hybridized carbons (Fsp3) is 0.381. The van der Waals surface area contributed by atoms with Gasteiger partial charge in [0, 0.05) is 24.8 Å². The molecular weight excluding hydrogens is 342 g/mol. The van der Waals surface area contributed by atoms with Crippen molar-refractivity contribution in [2.24, 2.45) is 0 Å². The Labute approximate surface area is 159 Å². The first-order valence-corrected chi connectivity index (χ1v) is 9.47. The molecule has 1 aliphatic heterocycles. The number of hydrogen-bond acceptors (Lipinski definition) is 4. The molecule has 0 radical (unpaired) electrons. The number of aromatic nitrogens is 1. The van der Waals surface area contributed by atoms with Gasteiger partial charge in [0.25, 0.3) is 11.8 Å². The van der Waals surface area contributed by atoms with Gasteiger partial charge in [-0.1, -0.05) is 25.0 Å². The van der Waals surface area contributed by atoms with E-state index in [1.165, 1.54) is 6.20 Å². The molecule has 0 aliphatic carbocycles. The van der Waals surface area contributed by atoms with E-state index in [4.69, 9.17) is 4.74 Å². The maximum atomic E-state index is 12.7. The number of amides is 2. The number of likely N-dealkylation sites (tertiary alicyclic amines) is 1. The smallest absolute Gasteiger partial charge is 0.272 e. The molecule has 142 valence electrons. The normalized spacial score (nSPS) is 14.3. The van der Waals surface area contributed by atoms with Crippen LogP contribution in [0.2, 0.25) is 0 Å². The van der Waals surface area contributed by atoms with Gasteiger partial charge in [0.2, 0.25) is 0 Å². The molecule has 27 heavy (non-hydrogen) atoms. The molecule has 6 nitrogen and oxygen atoms in total. The zero-order chi connectivity index (χ0) is 19.1. The molecule has 1 saturated heterocycles. The molecule has 1 aromatic carbocycles. The molecule has 0 atom stereocenters. The van der Waals surface area contributed by atoms with Gasteiger partial charge in [-0.2, -0.15) is 0 Å². The van der Waals surface area contributed by atoms with Gasteiger partial charge in [0.05, 0.1) is 12.3 Å². The van der Waals surface area contributed by atoms with Crippen LogP contribution in [0, 0.1) is 0 Å². The third kappa shape index (κ3) is 4.84. The van der Waals surface area contributed by atoms with E-state index in [1.807, 2.05) is 24.0 Å². The summed E-state index contributed by atoms with van der Waals surface area (Å²) in [6.07, 6.45) is 5.84. The maximum Gasteiger partial charge on any atom is 0.272 e. The van der Waals surface area contributed by atoms with Gasteiger partial charge in [-0.05, 0) is 44.0 Å². The van der Waals surface area contributed by atoms with Gasteiger partial charge < -0.3 is 15.0 Å². The molecule has 0 unspecified atom stereocenters. The largest absolute Gasteiger partial charge is 0.492 e.